The van der Waals surface area contributed by atoms with Crippen molar-refractivity contribution in [2.24, 2.45) is 0 Å². The molecule has 7 nitrogen and oxygen atoms in total. The van der Waals surface area contributed by atoms with Gasteiger partial charge in [0, 0.05) is 22.8 Å². The molecule has 2 N–H and O–H groups in total. The van der Waals surface area contributed by atoms with Crippen molar-refractivity contribution in [3.05, 3.63) is 46.9 Å². The summed E-state index contributed by atoms with van der Waals surface area (Å²) in [5.74, 6) is -0.186. The predicted molar refractivity (Wildman–Crippen MR) is 94.8 cm³/mol. The van der Waals surface area contributed by atoms with Crippen LogP contribution in [0.25, 0.3) is 17.0 Å². The lowest BCUT2D eigenvalue weighted by molar-refractivity contribution is -0.104. The molecule has 25 heavy (non-hydrogen) atoms. The van der Waals surface area contributed by atoms with E-state index in [1.165, 1.54) is 9.69 Å². The smallest absolute Gasteiger partial charge is 0.231 e. The maximum atomic E-state index is 11.6. The number of aldehydes is 1. The molecule has 132 valence electrons. The van der Waals surface area contributed by atoms with E-state index in [2.05, 4.69) is 10.5 Å². The van der Waals surface area contributed by atoms with Crippen molar-refractivity contribution in [3.63, 3.8) is 0 Å². The molecule has 1 aromatic heterocycles. The number of aromatic nitrogens is 2. The number of ether oxygens (including phenoxy) is 1. The van der Waals surface area contributed by atoms with Crippen LogP contribution >= 0.6 is 11.6 Å². The molecule has 0 aliphatic carbocycles. The van der Waals surface area contributed by atoms with Crippen LogP contribution in [-0.4, -0.2) is 52.5 Å². The van der Waals surface area contributed by atoms with Gasteiger partial charge in [0.15, 0.2) is 12.0 Å². The van der Waals surface area contributed by atoms with Crippen LogP contribution in [-0.2, 0) is 9.53 Å². The average Bonchev–Trinajstić information content (AvgIpc) is 2.83. The number of aliphatic hydroxyl groups excluding tert-OH is 1. The molecule has 1 aliphatic heterocycles. The summed E-state index contributed by atoms with van der Waals surface area (Å²) in [6.45, 7) is 3.79. The van der Waals surface area contributed by atoms with Gasteiger partial charge >= 0.3 is 0 Å². The topological polar surface area (TPSA) is 79.6 Å². The number of hydrogen-bond acceptors (Lipinski definition) is 6. The molecule has 0 spiro atoms. The van der Waals surface area contributed by atoms with E-state index >= 15 is 0 Å². The number of aliphatic hydroxyl groups is 1. The summed E-state index contributed by atoms with van der Waals surface area (Å²) in [6, 6.07) is 9.11. The predicted octanol–water partition coefficient (Wildman–Crippen LogP) is 2.23. The fourth-order valence-electron chi connectivity index (χ4n) is 2.59. The number of nitrogens with zero attached hydrogens (tertiary/aromatic N) is 3. The molecule has 0 unspecified atom stereocenters. The zero-order valence-electron chi connectivity index (χ0n) is 13.8. The van der Waals surface area contributed by atoms with Gasteiger partial charge in [-0.2, -0.15) is 5.10 Å². The van der Waals surface area contributed by atoms with Crippen molar-refractivity contribution in [3.8, 4) is 11.3 Å². The zero-order valence-corrected chi connectivity index (χ0v) is 14.5. The van der Waals surface area contributed by atoms with Crippen molar-refractivity contribution in [2.45, 2.75) is 6.92 Å². The molecule has 3 rings (SSSR count). The van der Waals surface area contributed by atoms with Gasteiger partial charge in [-0.05, 0) is 25.1 Å². The van der Waals surface area contributed by atoms with Crippen LogP contribution in [0.5, 0.6) is 0 Å². The van der Waals surface area contributed by atoms with E-state index in [0.717, 1.165) is 11.3 Å². The van der Waals surface area contributed by atoms with Gasteiger partial charge in [-0.3, -0.25) is 9.80 Å². The second-order valence-electron chi connectivity index (χ2n) is 5.59. The van der Waals surface area contributed by atoms with Crippen molar-refractivity contribution in [1.82, 2.24) is 20.2 Å². The van der Waals surface area contributed by atoms with Gasteiger partial charge in [0.05, 0.1) is 25.5 Å². The summed E-state index contributed by atoms with van der Waals surface area (Å²) >= 11 is 5.91. The lowest BCUT2D eigenvalue weighted by atomic mass is 10.1. The first-order valence-corrected chi connectivity index (χ1v) is 8.28. The largest absolute Gasteiger partial charge is 0.492 e. The normalized spacial score (nSPS) is 16.3. The second kappa shape index (κ2) is 7.69. The van der Waals surface area contributed by atoms with Crippen molar-refractivity contribution in [2.75, 3.05) is 26.3 Å². The fraction of sp³-hybridized carbons (Fsp3) is 0.294. The monoisotopic (exact) mass is 362 g/mol. The third-order valence-electron chi connectivity index (χ3n) is 3.86. The Kier molecular flexibility index (Phi) is 5.37. The SMILES string of the molecule is Cc1cc(-c2ccc(Cl)cc2)nn1/C(C=O)=C(\O)N1CCOCCN1. The first-order chi connectivity index (χ1) is 12.1. The van der Waals surface area contributed by atoms with Gasteiger partial charge in [-0.1, -0.05) is 23.7 Å². The Morgan fingerprint density at radius 1 is 1.36 bits per heavy atom. The van der Waals surface area contributed by atoms with E-state index < -0.39 is 0 Å². The lowest BCUT2D eigenvalue weighted by Crippen LogP contribution is -2.39. The number of hydrogen-bond donors (Lipinski definition) is 2. The van der Waals surface area contributed by atoms with Gasteiger partial charge in [-0.25, -0.2) is 10.1 Å². The van der Waals surface area contributed by atoms with Gasteiger partial charge < -0.3 is 9.84 Å². The molecule has 1 aromatic carbocycles. The van der Waals surface area contributed by atoms with E-state index in [1.54, 1.807) is 12.1 Å². The molecular formula is C17H19ClN4O3. The Hall–Kier alpha value is -2.35. The number of carbonyl (C=O) groups is 1. The van der Waals surface area contributed by atoms with E-state index in [0.29, 0.717) is 43.3 Å². The van der Waals surface area contributed by atoms with Crippen LogP contribution < -0.4 is 5.43 Å². The summed E-state index contributed by atoms with van der Waals surface area (Å²) < 4.78 is 6.76. The molecule has 0 atom stereocenters. The molecule has 0 radical (unpaired) electrons. The van der Waals surface area contributed by atoms with Gasteiger partial charge in [0.1, 0.15) is 0 Å². The van der Waals surface area contributed by atoms with E-state index in [9.17, 15) is 9.90 Å². The van der Waals surface area contributed by atoms with Crippen LogP contribution in [0, 0.1) is 6.92 Å². The van der Waals surface area contributed by atoms with Crippen molar-refractivity contribution < 1.29 is 14.6 Å². The number of nitrogens with one attached hydrogen (secondary N) is 1. The highest BCUT2D eigenvalue weighted by Gasteiger charge is 2.19. The number of allylic oxidation sites excluding steroid dienone is 1. The highest BCUT2D eigenvalue weighted by Crippen LogP contribution is 2.23. The summed E-state index contributed by atoms with van der Waals surface area (Å²) in [5, 5.41) is 17.1. The van der Waals surface area contributed by atoms with E-state index in [-0.39, 0.29) is 11.6 Å². The minimum Gasteiger partial charge on any atom is -0.492 e. The molecule has 0 bridgehead atoms. The number of hydrazine groups is 1. The third kappa shape index (κ3) is 3.84. The standard InChI is InChI=1S/C17H19ClN4O3/c1-12-10-15(13-2-4-14(18)5-3-13)20-22(12)16(11-23)17(24)21-7-9-25-8-6-19-21/h2-5,10-11,19,24H,6-9H2,1H3/b17-16-. The Balaban J connectivity index is 1.96. The first-order valence-electron chi connectivity index (χ1n) is 7.90. The van der Waals surface area contributed by atoms with Crippen molar-refractivity contribution >= 4 is 23.6 Å². The molecule has 0 amide bonds. The molecule has 1 aliphatic rings. The fourth-order valence-corrected chi connectivity index (χ4v) is 2.71. The molecule has 2 heterocycles. The van der Waals surface area contributed by atoms with E-state index in [4.69, 9.17) is 16.3 Å². The number of benzene rings is 1. The second-order valence-corrected chi connectivity index (χ2v) is 6.02. The Bertz CT molecular complexity index is 778. The maximum Gasteiger partial charge on any atom is 0.231 e. The number of halogens is 1. The van der Waals surface area contributed by atoms with Gasteiger partial charge in [0.2, 0.25) is 5.88 Å². The van der Waals surface area contributed by atoms with Gasteiger partial charge in [0.25, 0.3) is 0 Å². The minimum atomic E-state index is -0.186. The number of rotatable bonds is 4. The van der Waals surface area contributed by atoms with Crippen LogP contribution in [0.2, 0.25) is 5.02 Å². The molecule has 0 saturated carbocycles. The van der Waals surface area contributed by atoms with Crippen LogP contribution in [0.4, 0.5) is 0 Å². The number of aryl methyl sites for hydroxylation is 1. The highest BCUT2D eigenvalue weighted by molar-refractivity contribution is 6.30. The first kappa shape index (κ1) is 17.5. The molecule has 1 fully saturated rings. The van der Waals surface area contributed by atoms with E-state index in [1.807, 2.05) is 25.1 Å². The molecule has 8 heteroatoms. The number of carbonyl (C=O) groups excluding carboxylic acids is 1. The van der Waals surface area contributed by atoms with Gasteiger partial charge in [-0.15, -0.1) is 0 Å². The molecule has 1 saturated heterocycles. The quantitative estimate of drug-likeness (QED) is 0.493. The average molecular weight is 363 g/mol. The Labute approximate surface area is 150 Å². The Morgan fingerprint density at radius 3 is 2.84 bits per heavy atom. The third-order valence-corrected chi connectivity index (χ3v) is 4.11. The van der Waals surface area contributed by atoms with Crippen LogP contribution in [0.15, 0.2) is 36.2 Å². The lowest BCUT2D eigenvalue weighted by Gasteiger charge is -2.22. The maximum absolute atomic E-state index is 11.6. The Morgan fingerprint density at radius 2 is 2.12 bits per heavy atom. The van der Waals surface area contributed by atoms with Crippen LogP contribution in [0.1, 0.15) is 5.69 Å². The highest BCUT2D eigenvalue weighted by atomic mass is 35.5. The summed E-state index contributed by atoms with van der Waals surface area (Å²) in [5.41, 5.74) is 5.37. The summed E-state index contributed by atoms with van der Waals surface area (Å²) in [4.78, 5) is 11.6. The zero-order chi connectivity index (χ0) is 17.8. The van der Waals surface area contributed by atoms with Crippen molar-refractivity contribution in [1.29, 1.82) is 0 Å². The summed E-state index contributed by atoms with van der Waals surface area (Å²) in [6.07, 6.45) is 0.592. The molecule has 2 aromatic rings. The minimum absolute atomic E-state index is 0.0621. The summed E-state index contributed by atoms with van der Waals surface area (Å²) in [7, 11) is 0. The molecular weight excluding hydrogens is 344 g/mol. The van der Waals surface area contributed by atoms with Crippen LogP contribution in [0.3, 0.4) is 0 Å².